The first-order valence-corrected chi connectivity index (χ1v) is 9.93. The fourth-order valence-electron chi connectivity index (χ4n) is 3.29. The zero-order chi connectivity index (χ0) is 20.9. The molecule has 0 saturated heterocycles. The number of nitrogens with one attached hydrogen (secondary N) is 2. The molecule has 3 rings (SSSR count). The molecule has 1 saturated carbocycles. The van der Waals surface area contributed by atoms with Crippen molar-refractivity contribution in [3.63, 3.8) is 0 Å². The molecule has 10 heteroatoms. The van der Waals surface area contributed by atoms with Crippen LogP contribution in [0.1, 0.15) is 38.5 Å². The number of guanidine groups is 1. The number of hydrogen-bond acceptors (Lipinski definition) is 4. The van der Waals surface area contributed by atoms with Crippen molar-refractivity contribution in [3.8, 4) is 11.4 Å². The Morgan fingerprint density at radius 1 is 1.28 bits per heavy atom. The fraction of sp³-hybridized carbons (Fsp3) is 0.526. The van der Waals surface area contributed by atoms with E-state index < -0.39 is 12.1 Å². The number of halogens is 4. The molecule has 1 aliphatic carbocycles. The van der Waals surface area contributed by atoms with Gasteiger partial charge in [0.2, 0.25) is 11.7 Å². The summed E-state index contributed by atoms with van der Waals surface area (Å²) in [5.41, 5.74) is 0.739. The second kappa shape index (κ2) is 9.47. The van der Waals surface area contributed by atoms with Gasteiger partial charge in [-0.05, 0) is 44.7 Å². The van der Waals surface area contributed by atoms with Gasteiger partial charge in [0.05, 0.1) is 5.92 Å². The van der Waals surface area contributed by atoms with Gasteiger partial charge in [-0.15, -0.1) is 0 Å². The lowest BCUT2D eigenvalue weighted by molar-refractivity contribution is -0.182. The number of alkyl halides is 3. The van der Waals surface area contributed by atoms with Crippen LogP contribution in [-0.2, 0) is 6.54 Å². The first-order chi connectivity index (χ1) is 13.8. The Bertz CT molecular complexity index is 831. The summed E-state index contributed by atoms with van der Waals surface area (Å²) in [5, 5.41) is 10.8. The number of hydrogen-bond donors (Lipinski definition) is 2. The molecule has 0 unspecified atom stereocenters. The van der Waals surface area contributed by atoms with Crippen LogP contribution >= 0.6 is 11.6 Å². The van der Waals surface area contributed by atoms with E-state index in [1.165, 1.54) is 0 Å². The molecule has 1 aromatic heterocycles. The number of nitrogens with zero attached hydrogens (tertiary/aromatic N) is 3. The smallest absolute Gasteiger partial charge is 0.357 e. The quantitative estimate of drug-likeness (QED) is 0.538. The molecule has 1 aliphatic rings. The van der Waals surface area contributed by atoms with Crippen LogP contribution in [0, 0.1) is 5.92 Å². The van der Waals surface area contributed by atoms with Crippen LogP contribution < -0.4 is 10.6 Å². The normalized spacial score (nSPS) is 20.5. The molecule has 0 radical (unpaired) electrons. The van der Waals surface area contributed by atoms with Gasteiger partial charge in [-0.25, -0.2) is 4.99 Å². The highest BCUT2D eigenvalue weighted by Crippen LogP contribution is 2.37. The minimum absolute atomic E-state index is 0.0453. The summed E-state index contributed by atoms with van der Waals surface area (Å²) >= 11 is 5.98. The number of aliphatic imine (C=N–C) groups is 1. The minimum Gasteiger partial charge on any atom is -0.357 e. The Balaban J connectivity index is 1.59. The van der Waals surface area contributed by atoms with Crippen molar-refractivity contribution in [2.75, 3.05) is 6.54 Å². The highest BCUT2D eigenvalue weighted by molar-refractivity contribution is 6.30. The van der Waals surface area contributed by atoms with Crippen molar-refractivity contribution in [1.82, 2.24) is 20.8 Å². The molecule has 0 spiro atoms. The topological polar surface area (TPSA) is 75.3 Å². The van der Waals surface area contributed by atoms with Crippen molar-refractivity contribution in [2.45, 2.75) is 51.4 Å². The van der Waals surface area contributed by atoms with E-state index in [0.29, 0.717) is 42.1 Å². The van der Waals surface area contributed by atoms with Crippen LogP contribution in [0.5, 0.6) is 0 Å². The third-order valence-electron chi connectivity index (χ3n) is 4.80. The second-order valence-electron chi connectivity index (χ2n) is 6.95. The van der Waals surface area contributed by atoms with E-state index in [1.807, 2.05) is 13.0 Å². The number of rotatable bonds is 5. The molecule has 29 heavy (non-hydrogen) atoms. The van der Waals surface area contributed by atoms with Gasteiger partial charge >= 0.3 is 6.18 Å². The molecule has 1 heterocycles. The average Bonchev–Trinajstić information content (AvgIpc) is 3.15. The SMILES string of the molecule is CCNC(=NCc1nc(-c2cccc(Cl)c2)no1)NC1CCC(C(F)(F)F)CC1. The highest BCUT2D eigenvalue weighted by atomic mass is 35.5. The Kier molecular flexibility index (Phi) is 7.00. The summed E-state index contributed by atoms with van der Waals surface area (Å²) in [4.78, 5) is 8.73. The van der Waals surface area contributed by atoms with Crippen LogP contribution in [0.4, 0.5) is 13.2 Å². The molecule has 6 nitrogen and oxygen atoms in total. The van der Waals surface area contributed by atoms with Crippen LogP contribution in [0.3, 0.4) is 0 Å². The van der Waals surface area contributed by atoms with Crippen molar-refractivity contribution < 1.29 is 17.7 Å². The summed E-state index contributed by atoms with van der Waals surface area (Å²) in [5.74, 6) is 0.0629. The first-order valence-electron chi connectivity index (χ1n) is 9.55. The van der Waals surface area contributed by atoms with E-state index in [1.54, 1.807) is 18.2 Å². The van der Waals surface area contributed by atoms with E-state index in [-0.39, 0.29) is 25.4 Å². The summed E-state index contributed by atoms with van der Waals surface area (Å²) in [6.07, 6.45) is -2.94. The minimum atomic E-state index is -4.11. The Hall–Kier alpha value is -2.29. The summed E-state index contributed by atoms with van der Waals surface area (Å²) in [6, 6.07) is 7.07. The lowest BCUT2D eigenvalue weighted by atomic mass is 9.85. The number of aromatic nitrogens is 2. The third-order valence-corrected chi connectivity index (χ3v) is 5.03. The molecular formula is C19H23ClF3N5O. The van der Waals surface area contributed by atoms with Crippen molar-refractivity contribution in [1.29, 1.82) is 0 Å². The van der Waals surface area contributed by atoms with Gasteiger partial charge in [0.1, 0.15) is 6.54 Å². The van der Waals surface area contributed by atoms with Crippen molar-refractivity contribution in [2.24, 2.45) is 10.9 Å². The standard InChI is InChI=1S/C19H23ClF3N5O/c1-2-24-18(26-15-8-6-13(7-9-15)19(21,22)23)25-11-16-27-17(28-29-16)12-4-3-5-14(20)10-12/h3-5,10,13,15H,2,6-9,11H2,1H3,(H2,24,25,26). The van der Waals surface area contributed by atoms with Crippen LogP contribution in [0.25, 0.3) is 11.4 Å². The number of benzene rings is 1. The van der Waals surface area contributed by atoms with E-state index in [2.05, 4.69) is 25.8 Å². The molecule has 0 bridgehead atoms. The van der Waals surface area contributed by atoms with Crippen LogP contribution in [-0.4, -0.2) is 34.9 Å². The maximum Gasteiger partial charge on any atom is 0.391 e. The van der Waals surface area contributed by atoms with Gasteiger partial charge in [-0.3, -0.25) is 0 Å². The van der Waals surface area contributed by atoms with Crippen molar-refractivity contribution >= 4 is 17.6 Å². The summed E-state index contributed by atoms with van der Waals surface area (Å²) < 4.78 is 43.7. The van der Waals surface area contributed by atoms with E-state index >= 15 is 0 Å². The van der Waals surface area contributed by atoms with Gasteiger partial charge in [-0.1, -0.05) is 28.9 Å². The molecule has 0 aliphatic heterocycles. The average molecular weight is 430 g/mol. The highest BCUT2D eigenvalue weighted by Gasteiger charge is 2.41. The monoisotopic (exact) mass is 429 g/mol. The Morgan fingerprint density at radius 3 is 2.69 bits per heavy atom. The van der Waals surface area contributed by atoms with Gasteiger partial charge in [0.25, 0.3) is 0 Å². The maximum atomic E-state index is 12.8. The lowest BCUT2D eigenvalue weighted by Crippen LogP contribution is -2.45. The lowest BCUT2D eigenvalue weighted by Gasteiger charge is -2.31. The third kappa shape index (κ3) is 6.09. The molecule has 158 valence electrons. The fourth-order valence-corrected chi connectivity index (χ4v) is 3.48. The van der Waals surface area contributed by atoms with E-state index in [4.69, 9.17) is 16.1 Å². The van der Waals surface area contributed by atoms with Gasteiger partial charge in [0, 0.05) is 23.2 Å². The molecule has 0 amide bonds. The predicted molar refractivity (Wildman–Crippen MR) is 104 cm³/mol. The second-order valence-corrected chi connectivity index (χ2v) is 7.39. The van der Waals surface area contributed by atoms with E-state index in [0.717, 1.165) is 5.56 Å². The van der Waals surface area contributed by atoms with Crippen LogP contribution in [0.2, 0.25) is 5.02 Å². The zero-order valence-electron chi connectivity index (χ0n) is 16.0. The van der Waals surface area contributed by atoms with Gasteiger partial charge in [0.15, 0.2) is 5.96 Å². The molecule has 2 N–H and O–H groups in total. The van der Waals surface area contributed by atoms with E-state index in [9.17, 15) is 13.2 Å². The summed E-state index contributed by atoms with van der Waals surface area (Å²) in [7, 11) is 0. The van der Waals surface area contributed by atoms with Crippen molar-refractivity contribution in [3.05, 3.63) is 35.2 Å². The Labute approximate surface area is 171 Å². The molecule has 1 fully saturated rings. The maximum absolute atomic E-state index is 12.8. The molecule has 1 aromatic carbocycles. The largest absolute Gasteiger partial charge is 0.391 e. The predicted octanol–water partition coefficient (Wildman–Crippen LogP) is 4.57. The molecule has 0 atom stereocenters. The summed E-state index contributed by atoms with van der Waals surface area (Å²) in [6.45, 7) is 2.70. The van der Waals surface area contributed by atoms with Gasteiger partial charge in [-0.2, -0.15) is 18.2 Å². The first kappa shape index (κ1) is 21.4. The van der Waals surface area contributed by atoms with Crippen LogP contribution in [0.15, 0.2) is 33.8 Å². The Morgan fingerprint density at radius 2 is 2.03 bits per heavy atom. The zero-order valence-corrected chi connectivity index (χ0v) is 16.7. The molecular weight excluding hydrogens is 407 g/mol. The van der Waals surface area contributed by atoms with Gasteiger partial charge < -0.3 is 15.2 Å². The molecule has 2 aromatic rings.